The number of esters is 1. The number of fused-ring (bicyclic) bond motifs is 1. The molecule has 2 aliphatic rings. The number of aromatic nitrogens is 1. The highest BCUT2D eigenvalue weighted by Gasteiger charge is 2.28. The number of urea groups is 1. The first-order chi connectivity index (χ1) is 13.6. The third kappa shape index (κ3) is 4.02. The SMILES string of the molecule is CCOC(=O)C1=C(CN2CCC(c3nc4ccccc4s3)CC2)NC(=O)NC1. The van der Waals surface area contributed by atoms with E-state index in [-0.39, 0.29) is 18.5 Å². The number of nitrogens with zero attached hydrogens (tertiary/aromatic N) is 2. The Morgan fingerprint density at radius 1 is 1.32 bits per heavy atom. The third-order valence-corrected chi connectivity index (χ3v) is 6.40. The van der Waals surface area contributed by atoms with E-state index in [0.29, 0.717) is 30.3 Å². The number of piperidine rings is 1. The molecule has 0 bridgehead atoms. The van der Waals surface area contributed by atoms with Crippen LogP contribution in [0.15, 0.2) is 35.5 Å². The standard InChI is InChI=1S/C20H24N4O3S/c1-2-27-19(25)14-11-21-20(26)23-16(14)12-24-9-7-13(8-10-24)18-22-15-5-3-4-6-17(15)28-18/h3-6,13H,2,7-12H2,1H3,(H2,21,23,26). The Hall–Kier alpha value is -2.45. The monoisotopic (exact) mass is 400 g/mol. The number of hydrogen-bond donors (Lipinski definition) is 2. The zero-order chi connectivity index (χ0) is 19.5. The number of thiazole rings is 1. The summed E-state index contributed by atoms with van der Waals surface area (Å²) in [5.41, 5.74) is 2.24. The molecule has 7 nitrogen and oxygen atoms in total. The molecule has 0 unspecified atom stereocenters. The first-order valence-electron chi connectivity index (χ1n) is 9.66. The Balaban J connectivity index is 1.41. The number of amides is 2. The molecule has 28 heavy (non-hydrogen) atoms. The number of rotatable bonds is 5. The summed E-state index contributed by atoms with van der Waals surface area (Å²) in [6.07, 6.45) is 2.04. The van der Waals surface area contributed by atoms with Crippen LogP contribution in [0.1, 0.15) is 30.7 Å². The Morgan fingerprint density at radius 3 is 2.86 bits per heavy atom. The molecule has 0 aliphatic carbocycles. The van der Waals surface area contributed by atoms with Gasteiger partial charge in [-0.15, -0.1) is 11.3 Å². The van der Waals surface area contributed by atoms with Gasteiger partial charge >= 0.3 is 12.0 Å². The molecule has 2 aliphatic heterocycles. The highest BCUT2D eigenvalue weighted by Crippen LogP contribution is 2.34. The first-order valence-corrected chi connectivity index (χ1v) is 10.5. The van der Waals surface area contributed by atoms with Crippen molar-refractivity contribution in [1.82, 2.24) is 20.5 Å². The maximum Gasteiger partial charge on any atom is 0.337 e. The van der Waals surface area contributed by atoms with Crippen molar-refractivity contribution in [3.05, 3.63) is 40.5 Å². The lowest BCUT2D eigenvalue weighted by Gasteiger charge is -2.33. The molecule has 0 atom stereocenters. The van der Waals surface area contributed by atoms with Crippen molar-refractivity contribution in [2.24, 2.45) is 0 Å². The van der Waals surface area contributed by atoms with Crippen molar-refractivity contribution in [2.75, 3.05) is 32.8 Å². The largest absolute Gasteiger partial charge is 0.463 e. The molecule has 0 spiro atoms. The molecule has 1 aromatic carbocycles. The number of hydrogen-bond acceptors (Lipinski definition) is 6. The fourth-order valence-corrected chi connectivity index (χ4v) is 4.84. The highest BCUT2D eigenvalue weighted by atomic mass is 32.1. The topological polar surface area (TPSA) is 83.6 Å². The van der Waals surface area contributed by atoms with Gasteiger partial charge in [0.05, 0.1) is 33.9 Å². The van der Waals surface area contributed by atoms with Gasteiger partial charge in [-0.1, -0.05) is 12.1 Å². The number of likely N-dealkylation sites (tertiary alicyclic amines) is 1. The lowest BCUT2D eigenvalue weighted by molar-refractivity contribution is -0.138. The van der Waals surface area contributed by atoms with Crippen LogP contribution in [0.2, 0.25) is 0 Å². The number of carbonyl (C=O) groups is 2. The van der Waals surface area contributed by atoms with Crippen molar-refractivity contribution in [3.8, 4) is 0 Å². The summed E-state index contributed by atoms with van der Waals surface area (Å²) in [5, 5.41) is 6.65. The minimum atomic E-state index is -0.366. The van der Waals surface area contributed by atoms with Crippen LogP contribution in [0.4, 0.5) is 4.79 Å². The second kappa shape index (κ2) is 8.28. The molecule has 4 rings (SSSR count). The maximum atomic E-state index is 12.2. The van der Waals surface area contributed by atoms with Gasteiger partial charge in [-0.3, -0.25) is 4.90 Å². The van der Waals surface area contributed by atoms with Crippen LogP contribution in [0.25, 0.3) is 10.2 Å². The fraction of sp³-hybridized carbons (Fsp3) is 0.450. The second-order valence-corrected chi connectivity index (χ2v) is 8.12. The van der Waals surface area contributed by atoms with E-state index in [1.807, 2.05) is 6.07 Å². The number of carbonyl (C=O) groups excluding carboxylic acids is 2. The first kappa shape index (κ1) is 18.9. The number of nitrogens with one attached hydrogen (secondary N) is 2. The summed E-state index contributed by atoms with van der Waals surface area (Å²) in [6, 6.07) is 7.99. The fourth-order valence-electron chi connectivity index (χ4n) is 3.71. The molecule has 148 valence electrons. The summed E-state index contributed by atoms with van der Waals surface area (Å²) >= 11 is 1.79. The molecular weight excluding hydrogens is 376 g/mol. The van der Waals surface area contributed by atoms with Crippen LogP contribution in [0, 0.1) is 0 Å². The van der Waals surface area contributed by atoms with Gasteiger partial charge in [-0.05, 0) is 45.0 Å². The molecule has 0 radical (unpaired) electrons. The molecule has 2 aromatic rings. The molecule has 3 heterocycles. The Kier molecular flexibility index (Phi) is 5.59. The molecular formula is C20H24N4O3S. The maximum absolute atomic E-state index is 12.2. The lowest BCUT2D eigenvalue weighted by Crippen LogP contribution is -2.47. The molecule has 1 fully saturated rings. The van der Waals surface area contributed by atoms with Crippen LogP contribution in [0.3, 0.4) is 0 Å². The average molecular weight is 401 g/mol. The minimum absolute atomic E-state index is 0.210. The molecule has 1 aromatic heterocycles. The van der Waals surface area contributed by atoms with E-state index in [4.69, 9.17) is 9.72 Å². The predicted octanol–water partition coefficient (Wildman–Crippen LogP) is 2.61. The summed E-state index contributed by atoms with van der Waals surface area (Å²) in [7, 11) is 0. The summed E-state index contributed by atoms with van der Waals surface area (Å²) < 4.78 is 6.36. The summed E-state index contributed by atoms with van der Waals surface area (Å²) in [5.74, 6) is 0.101. The van der Waals surface area contributed by atoms with Crippen LogP contribution in [-0.2, 0) is 9.53 Å². The molecule has 8 heteroatoms. The predicted molar refractivity (Wildman–Crippen MR) is 108 cm³/mol. The molecule has 1 saturated heterocycles. The average Bonchev–Trinajstić information content (AvgIpc) is 3.13. The summed E-state index contributed by atoms with van der Waals surface area (Å²) in [4.78, 5) is 31.0. The van der Waals surface area contributed by atoms with E-state index in [0.717, 1.165) is 31.4 Å². The molecule has 2 N–H and O–H groups in total. The highest BCUT2D eigenvalue weighted by molar-refractivity contribution is 7.18. The van der Waals surface area contributed by atoms with Gasteiger partial charge < -0.3 is 15.4 Å². The quantitative estimate of drug-likeness (QED) is 0.754. The van der Waals surface area contributed by atoms with Crippen LogP contribution in [0.5, 0.6) is 0 Å². The van der Waals surface area contributed by atoms with Crippen molar-refractivity contribution in [3.63, 3.8) is 0 Å². The van der Waals surface area contributed by atoms with Gasteiger partial charge in [0.2, 0.25) is 0 Å². The van der Waals surface area contributed by atoms with Gasteiger partial charge in [0.25, 0.3) is 0 Å². The lowest BCUT2D eigenvalue weighted by atomic mass is 9.97. The number of benzene rings is 1. The Labute approximate surface area is 167 Å². The molecule has 2 amide bonds. The van der Waals surface area contributed by atoms with Gasteiger partial charge in [-0.25, -0.2) is 14.6 Å². The zero-order valence-corrected chi connectivity index (χ0v) is 16.7. The number of ether oxygens (including phenoxy) is 1. The van der Waals surface area contributed by atoms with Crippen LogP contribution >= 0.6 is 11.3 Å². The summed E-state index contributed by atoms with van der Waals surface area (Å²) in [6.45, 7) is 4.67. The van der Waals surface area contributed by atoms with E-state index in [1.54, 1.807) is 18.3 Å². The Morgan fingerprint density at radius 2 is 2.11 bits per heavy atom. The van der Waals surface area contributed by atoms with Crippen molar-refractivity contribution < 1.29 is 14.3 Å². The zero-order valence-electron chi connectivity index (χ0n) is 15.9. The Bertz CT molecular complexity index is 882. The van der Waals surface area contributed by atoms with E-state index in [1.165, 1.54) is 9.71 Å². The molecule has 0 saturated carbocycles. The van der Waals surface area contributed by atoms with Crippen molar-refractivity contribution >= 4 is 33.6 Å². The second-order valence-electron chi connectivity index (χ2n) is 7.06. The van der Waals surface area contributed by atoms with Crippen molar-refractivity contribution in [1.29, 1.82) is 0 Å². The van der Waals surface area contributed by atoms with Crippen molar-refractivity contribution in [2.45, 2.75) is 25.7 Å². The van der Waals surface area contributed by atoms with E-state index in [9.17, 15) is 9.59 Å². The third-order valence-electron chi connectivity index (χ3n) is 5.21. The minimum Gasteiger partial charge on any atom is -0.463 e. The van der Waals surface area contributed by atoms with Gasteiger partial charge in [0.15, 0.2) is 0 Å². The van der Waals surface area contributed by atoms with E-state index >= 15 is 0 Å². The van der Waals surface area contributed by atoms with E-state index in [2.05, 4.69) is 33.7 Å². The smallest absolute Gasteiger partial charge is 0.337 e. The van der Waals surface area contributed by atoms with Gasteiger partial charge in [0, 0.05) is 18.2 Å². The van der Waals surface area contributed by atoms with Gasteiger partial charge in [-0.2, -0.15) is 0 Å². The normalized spacial score (nSPS) is 18.8. The number of para-hydroxylation sites is 1. The van der Waals surface area contributed by atoms with Crippen LogP contribution < -0.4 is 10.6 Å². The van der Waals surface area contributed by atoms with Crippen LogP contribution in [-0.4, -0.2) is 54.7 Å². The van der Waals surface area contributed by atoms with Gasteiger partial charge in [0.1, 0.15) is 0 Å². The van der Waals surface area contributed by atoms with E-state index < -0.39 is 0 Å².